The predicted octanol–water partition coefficient (Wildman–Crippen LogP) is 8.76. The Balaban J connectivity index is 1.42. The molecule has 5 aromatic rings. The fourth-order valence-corrected chi connectivity index (χ4v) is 5.69. The van der Waals surface area contributed by atoms with Crippen LogP contribution in [0.3, 0.4) is 0 Å². The van der Waals surface area contributed by atoms with Crippen molar-refractivity contribution in [1.29, 1.82) is 0 Å². The number of nitrogens with zero attached hydrogens (tertiary/aromatic N) is 1. The van der Waals surface area contributed by atoms with Gasteiger partial charge in [-0.3, -0.25) is 0 Å². The van der Waals surface area contributed by atoms with E-state index >= 15 is 0 Å². The first-order valence-corrected chi connectivity index (χ1v) is 12.9. The minimum absolute atomic E-state index is 0.260. The lowest BCUT2D eigenvalue weighted by molar-refractivity contribution is 0.0697. The summed E-state index contributed by atoms with van der Waals surface area (Å²) < 4.78 is 12.9. The van der Waals surface area contributed by atoms with E-state index in [1.807, 2.05) is 30.3 Å². The Bertz CT molecular complexity index is 1540. The Morgan fingerprint density at radius 2 is 1.81 bits per heavy atom. The summed E-state index contributed by atoms with van der Waals surface area (Å²) in [4.78, 5) is 12.2. The molecule has 5 rings (SSSR count). The highest BCUT2D eigenvalue weighted by atomic mass is 35.5. The van der Waals surface area contributed by atoms with E-state index in [0.29, 0.717) is 21.3 Å². The lowest BCUT2D eigenvalue weighted by atomic mass is 10.0. The van der Waals surface area contributed by atoms with Gasteiger partial charge in [-0.2, -0.15) is 0 Å². The first-order valence-electron chi connectivity index (χ1n) is 11.4. The molecular weight excluding hydrogens is 517 g/mol. The summed E-state index contributed by atoms with van der Waals surface area (Å²) in [6.07, 6.45) is 1.62. The molecule has 0 aliphatic heterocycles. The van der Waals surface area contributed by atoms with Crippen LogP contribution in [0.1, 0.15) is 35.0 Å². The van der Waals surface area contributed by atoms with Crippen molar-refractivity contribution in [3.8, 4) is 27.4 Å². The topological polar surface area (TPSA) is 72.6 Å². The summed E-state index contributed by atoms with van der Waals surface area (Å²) in [5.74, 6) is 0.541. The van der Waals surface area contributed by atoms with E-state index in [1.165, 1.54) is 0 Å². The number of carboxylic acids is 1. The van der Waals surface area contributed by atoms with Crippen molar-refractivity contribution >= 4 is 50.6 Å². The fraction of sp³-hybridized carbons (Fsp3) is 0.143. The molecule has 1 N–H and O–H groups in total. The molecule has 0 saturated heterocycles. The molecule has 0 aliphatic rings. The first kappa shape index (κ1) is 24.4. The Hall–Kier alpha value is -3.32. The van der Waals surface area contributed by atoms with E-state index in [0.717, 1.165) is 50.4 Å². The van der Waals surface area contributed by atoms with E-state index in [1.54, 1.807) is 41.7 Å². The van der Waals surface area contributed by atoms with Gasteiger partial charge in [-0.25, -0.2) is 4.79 Å². The van der Waals surface area contributed by atoms with E-state index in [-0.39, 0.29) is 12.2 Å². The predicted molar refractivity (Wildman–Crippen MR) is 145 cm³/mol. The molecule has 5 nitrogen and oxygen atoms in total. The summed E-state index contributed by atoms with van der Waals surface area (Å²) in [6.45, 7) is 2.34. The van der Waals surface area contributed by atoms with Crippen molar-refractivity contribution in [2.24, 2.45) is 0 Å². The summed E-state index contributed by atoms with van der Waals surface area (Å²) in [5.41, 5.74) is 3.30. The summed E-state index contributed by atoms with van der Waals surface area (Å²) in [5, 5.41) is 15.5. The van der Waals surface area contributed by atoms with Gasteiger partial charge in [-0.15, -0.1) is 11.3 Å². The van der Waals surface area contributed by atoms with Gasteiger partial charge < -0.3 is 14.4 Å². The van der Waals surface area contributed by atoms with E-state index in [2.05, 4.69) is 18.1 Å². The number of aromatic carboxylic acids is 1. The first-order chi connectivity index (χ1) is 17.4. The number of carbonyl (C=O) groups is 1. The number of thiophene rings is 1. The molecule has 0 aliphatic carbocycles. The zero-order chi connectivity index (χ0) is 25.2. The maximum atomic E-state index is 11.1. The lowest BCUT2D eigenvalue weighted by Crippen LogP contribution is -2.00. The fourth-order valence-electron chi connectivity index (χ4n) is 4.01. The maximum absolute atomic E-state index is 11.1. The third kappa shape index (κ3) is 4.85. The van der Waals surface area contributed by atoms with Gasteiger partial charge in [0.2, 0.25) is 0 Å². The van der Waals surface area contributed by atoms with Crippen LogP contribution in [0.4, 0.5) is 0 Å². The van der Waals surface area contributed by atoms with Crippen LogP contribution in [0.15, 0.2) is 71.3 Å². The number of hydrogen-bond acceptors (Lipinski definition) is 5. The molecule has 0 atom stereocenters. The lowest BCUT2D eigenvalue weighted by Gasteiger charge is -2.09. The van der Waals surface area contributed by atoms with Crippen molar-refractivity contribution < 1.29 is 19.2 Å². The third-order valence-electron chi connectivity index (χ3n) is 5.84. The van der Waals surface area contributed by atoms with Crippen LogP contribution >= 0.6 is 34.5 Å². The number of ether oxygens (including phenoxy) is 1. The second-order valence-electron chi connectivity index (χ2n) is 8.26. The quantitative estimate of drug-likeness (QED) is 0.214. The van der Waals surface area contributed by atoms with Gasteiger partial charge in [0.1, 0.15) is 23.8 Å². The van der Waals surface area contributed by atoms with Crippen LogP contribution in [0, 0.1) is 0 Å². The molecular formula is C28H21Cl2NO4S. The Kier molecular flexibility index (Phi) is 7.01. The highest BCUT2D eigenvalue weighted by Gasteiger charge is 2.22. The number of rotatable bonds is 8. The molecule has 0 fully saturated rings. The zero-order valence-electron chi connectivity index (χ0n) is 19.3. The van der Waals surface area contributed by atoms with Gasteiger partial charge in [0.05, 0.1) is 21.2 Å². The average Bonchev–Trinajstić information content (AvgIpc) is 3.47. The number of aryl methyl sites for hydroxylation is 1. The highest BCUT2D eigenvalue weighted by molar-refractivity contribution is 7.22. The molecule has 182 valence electrons. The van der Waals surface area contributed by atoms with Gasteiger partial charge in [-0.1, -0.05) is 53.5 Å². The van der Waals surface area contributed by atoms with Gasteiger partial charge in [0, 0.05) is 21.6 Å². The van der Waals surface area contributed by atoms with E-state index < -0.39 is 5.97 Å². The van der Waals surface area contributed by atoms with Crippen LogP contribution in [-0.2, 0) is 13.0 Å². The molecule has 0 spiro atoms. The van der Waals surface area contributed by atoms with Crippen molar-refractivity contribution in [3.63, 3.8) is 0 Å². The maximum Gasteiger partial charge on any atom is 0.335 e. The van der Waals surface area contributed by atoms with Gasteiger partial charge >= 0.3 is 5.97 Å². The van der Waals surface area contributed by atoms with Crippen LogP contribution in [-0.4, -0.2) is 16.2 Å². The van der Waals surface area contributed by atoms with Crippen molar-refractivity contribution in [3.05, 3.63) is 93.7 Å². The van der Waals surface area contributed by atoms with Crippen molar-refractivity contribution in [2.45, 2.75) is 26.4 Å². The number of aromatic nitrogens is 1. The molecule has 2 aromatic heterocycles. The molecule has 2 heterocycles. The number of benzene rings is 3. The smallest absolute Gasteiger partial charge is 0.335 e. The minimum Gasteiger partial charge on any atom is -0.489 e. The average molecular weight is 538 g/mol. The minimum atomic E-state index is -0.936. The van der Waals surface area contributed by atoms with Crippen LogP contribution in [0.25, 0.3) is 31.8 Å². The number of fused-ring (bicyclic) bond motifs is 1. The standard InChI is InChI=1S/C28H21Cl2NO4S/c1-2-4-23-20(27(31-35-23)26-21(29)5-3-6-22(26)30)15-34-19-12-11-18-13-24(36-25(18)14-19)16-7-9-17(10-8-16)28(32)33/h3,5-14H,2,4,15H2,1H3,(H,32,33). The van der Waals surface area contributed by atoms with Gasteiger partial charge in [-0.05, 0) is 65.9 Å². The normalized spacial score (nSPS) is 11.2. The molecule has 3 aromatic carbocycles. The number of halogens is 2. The summed E-state index contributed by atoms with van der Waals surface area (Å²) in [7, 11) is 0. The molecule has 0 bridgehead atoms. The van der Waals surface area contributed by atoms with E-state index in [4.69, 9.17) is 37.6 Å². The molecule has 0 amide bonds. The Morgan fingerprint density at radius 1 is 1.06 bits per heavy atom. The monoisotopic (exact) mass is 537 g/mol. The molecule has 8 heteroatoms. The molecule has 0 saturated carbocycles. The third-order valence-corrected chi connectivity index (χ3v) is 7.61. The zero-order valence-corrected chi connectivity index (χ0v) is 21.6. The Labute approximate surface area is 221 Å². The van der Waals surface area contributed by atoms with Crippen molar-refractivity contribution in [1.82, 2.24) is 5.16 Å². The SMILES string of the molecule is CCCc1onc(-c2c(Cl)cccc2Cl)c1COc1ccc2cc(-c3ccc(C(=O)O)cc3)sc2c1. The molecule has 36 heavy (non-hydrogen) atoms. The molecule has 0 unspecified atom stereocenters. The van der Waals surface area contributed by atoms with Crippen LogP contribution in [0.5, 0.6) is 5.75 Å². The van der Waals surface area contributed by atoms with E-state index in [9.17, 15) is 4.79 Å². The van der Waals surface area contributed by atoms with Gasteiger partial charge in [0.15, 0.2) is 0 Å². The second kappa shape index (κ2) is 10.3. The Morgan fingerprint density at radius 3 is 2.50 bits per heavy atom. The number of hydrogen-bond donors (Lipinski definition) is 1. The van der Waals surface area contributed by atoms with Crippen LogP contribution < -0.4 is 4.74 Å². The molecule has 0 radical (unpaired) electrons. The van der Waals surface area contributed by atoms with Crippen molar-refractivity contribution in [2.75, 3.05) is 0 Å². The highest BCUT2D eigenvalue weighted by Crippen LogP contribution is 2.39. The summed E-state index contributed by atoms with van der Waals surface area (Å²) >= 11 is 14.5. The summed E-state index contributed by atoms with van der Waals surface area (Å²) in [6, 6.07) is 20.3. The van der Waals surface area contributed by atoms with Gasteiger partial charge in [0.25, 0.3) is 0 Å². The largest absolute Gasteiger partial charge is 0.489 e. The number of carboxylic acid groups (broad SMARTS) is 1. The second-order valence-corrected chi connectivity index (χ2v) is 10.2. The van der Waals surface area contributed by atoms with Crippen LogP contribution in [0.2, 0.25) is 10.0 Å².